The van der Waals surface area contributed by atoms with Gasteiger partial charge in [0.15, 0.2) is 0 Å². The average molecular weight is 261 g/mol. The second kappa shape index (κ2) is 4.52. The molecule has 19 heavy (non-hydrogen) atoms. The summed E-state index contributed by atoms with van der Waals surface area (Å²) in [5, 5.41) is 12.4. The third-order valence-corrected chi connectivity index (χ3v) is 4.90. The Morgan fingerprint density at radius 3 is 2.79 bits per heavy atom. The van der Waals surface area contributed by atoms with Gasteiger partial charge < -0.3 is 10.2 Å². The van der Waals surface area contributed by atoms with Crippen molar-refractivity contribution in [3.05, 3.63) is 0 Å². The Morgan fingerprint density at radius 2 is 2.11 bits per heavy atom. The van der Waals surface area contributed by atoms with Gasteiger partial charge in [-0.1, -0.05) is 12.8 Å². The van der Waals surface area contributed by atoms with Crippen molar-refractivity contribution in [2.24, 2.45) is 5.41 Å². The van der Waals surface area contributed by atoms with Gasteiger partial charge in [0.25, 0.3) is 0 Å². The van der Waals surface area contributed by atoms with Gasteiger partial charge in [0.05, 0.1) is 18.2 Å². The van der Waals surface area contributed by atoms with Crippen LogP contribution in [0.2, 0.25) is 0 Å². The summed E-state index contributed by atoms with van der Waals surface area (Å²) in [5.74, 6) is 0.0996. The van der Waals surface area contributed by atoms with Crippen molar-refractivity contribution in [2.75, 3.05) is 6.54 Å². The molecule has 2 aliphatic heterocycles. The van der Waals surface area contributed by atoms with Crippen LogP contribution in [0.15, 0.2) is 0 Å². The van der Waals surface area contributed by atoms with E-state index in [1.54, 1.807) is 0 Å². The van der Waals surface area contributed by atoms with Crippen LogP contribution >= 0.6 is 0 Å². The molecule has 0 aromatic rings. The molecule has 2 amide bonds. The standard InChI is InChI=1S/C14H19N3O2/c15-9-14(6-1-2-7-14)13(19)17-8-5-10-11(17)3-4-12(18)16-10/h10-11H,1-8H2,(H,16,18)/t10-,11-/m0/s1. The fourth-order valence-electron chi connectivity index (χ4n) is 3.82. The summed E-state index contributed by atoms with van der Waals surface area (Å²) in [6, 6.07) is 2.49. The summed E-state index contributed by atoms with van der Waals surface area (Å²) in [5.41, 5.74) is -0.781. The number of fused-ring (bicyclic) bond motifs is 1. The third kappa shape index (κ3) is 1.90. The lowest BCUT2D eigenvalue weighted by atomic mass is 9.85. The van der Waals surface area contributed by atoms with Gasteiger partial charge in [-0.25, -0.2) is 0 Å². The molecule has 0 aromatic heterocycles. The molecule has 5 heteroatoms. The molecule has 0 spiro atoms. The van der Waals surface area contributed by atoms with E-state index in [2.05, 4.69) is 11.4 Å². The van der Waals surface area contributed by atoms with Gasteiger partial charge in [-0.2, -0.15) is 5.26 Å². The topological polar surface area (TPSA) is 73.2 Å². The number of amides is 2. The normalized spacial score (nSPS) is 32.6. The summed E-state index contributed by atoms with van der Waals surface area (Å²) in [6.45, 7) is 0.678. The number of hydrogen-bond donors (Lipinski definition) is 1. The molecule has 5 nitrogen and oxygen atoms in total. The Kier molecular flexibility index (Phi) is 2.96. The Hall–Kier alpha value is -1.57. The second-order valence-corrected chi connectivity index (χ2v) is 5.97. The first-order valence-corrected chi connectivity index (χ1v) is 7.18. The number of nitrogens with zero attached hydrogens (tertiary/aromatic N) is 2. The van der Waals surface area contributed by atoms with Crippen LogP contribution in [0.25, 0.3) is 0 Å². The van der Waals surface area contributed by atoms with E-state index in [0.29, 0.717) is 25.8 Å². The van der Waals surface area contributed by atoms with Crippen molar-refractivity contribution in [1.29, 1.82) is 5.26 Å². The summed E-state index contributed by atoms with van der Waals surface area (Å²) in [6.07, 6.45) is 5.39. The van der Waals surface area contributed by atoms with Crippen LogP contribution in [0.3, 0.4) is 0 Å². The molecule has 0 unspecified atom stereocenters. The van der Waals surface area contributed by atoms with E-state index in [-0.39, 0.29) is 23.9 Å². The highest BCUT2D eigenvalue weighted by atomic mass is 16.2. The highest BCUT2D eigenvalue weighted by Crippen LogP contribution is 2.41. The minimum absolute atomic E-state index is 0.0103. The minimum atomic E-state index is -0.781. The molecule has 2 saturated heterocycles. The maximum Gasteiger partial charge on any atom is 0.243 e. The number of piperidine rings is 1. The fraction of sp³-hybridized carbons (Fsp3) is 0.786. The van der Waals surface area contributed by atoms with E-state index in [1.165, 1.54) is 0 Å². The smallest absolute Gasteiger partial charge is 0.243 e. The van der Waals surface area contributed by atoms with E-state index in [9.17, 15) is 14.9 Å². The predicted molar refractivity (Wildman–Crippen MR) is 67.8 cm³/mol. The van der Waals surface area contributed by atoms with Crippen LogP contribution in [0.4, 0.5) is 0 Å². The lowest BCUT2D eigenvalue weighted by Gasteiger charge is -2.35. The van der Waals surface area contributed by atoms with E-state index in [1.807, 2.05) is 4.90 Å². The largest absolute Gasteiger partial charge is 0.351 e. The van der Waals surface area contributed by atoms with E-state index in [0.717, 1.165) is 25.7 Å². The molecule has 0 aromatic carbocycles. The van der Waals surface area contributed by atoms with Gasteiger partial charge in [-0.3, -0.25) is 9.59 Å². The number of rotatable bonds is 1. The van der Waals surface area contributed by atoms with Crippen molar-refractivity contribution < 1.29 is 9.59 Å². The number of carbonyl (C=O) groups excluding carboxylic acids is 2. The fourth-order valence-corrected chi connectivity index (χ4v) is 3.82. The number of nitriles is 1. The van der Waals surface area contributed by atoms with Crippen LogP contribution in [0.1, 0.15) is 44.9 Å². The molecule has 2 atom stereocenters. The Labute approximate surface area is 112 Å². The molecular formula is C14H19N3O2. The molecular weight excluding hydrogens is 242 g/mol. The van der Waals surface area contributed by atoms with Crippen LogP contribution in [0, 0.1) is 16.7 Å². The maximum absolute atomic E-state index is 12.7. The van der Waals surface area contributed by atoms with Crippen LogP contribution < -0.4 is 5.32 Å². The summed E-state index contributed by atoms with van der Waals surface area (Å²) >= 11 is 0. The molecule has 0 bridgehead atoms. The van der Waals surface area contributed by atoms with Crippen molar-refractivity contribution in [3.8, 4) is 6.07 Å². The Bertz CT molecular complexity index is 448. The lowest BCUT2D eigenvalue weighted by Crippen LogP contribution is -2.53. The number of nitrogens with one attached hydrogen (secondary N) is 1. The van der Waals surface area contributed by atoms with Crippen LogP contribution in [-0.4, -0.2) is 35.3 Å². The van der Waals surface area contributed by atoms with Gasteiger partial charge in [0, 0.05) is 13.0 Å². The highest BCUT2D eigenvalue weighted by molar-refractivity contribution is 5.87. The highest BCUT2D eigenvalue weighted by Gasteiger charge is 2.49. The molecule has 1 N–H and O–H groups in total. The average Bonchev–Trinajstić information content (AvgIpc) is 3.04. The first kappa shape index (κ1) is 12.5. The van der Waals surface area contributed by atoms with Crippen molar-refractivity contribution >= 4 is 11.8 Å². The Morgan fingerprint density at radius 1 is 1.37 bits per heavy atom. The van der Waals surface area contributed by atoms with Crippen molar-refractivity contribution in [2.45, 2.75) is 57.0 Å². The lowest BCUT2D eigenvalue weighted by molar-refractivity contribution is -0.141. The third-order valence-electron chi connectivity index (χ3n) is 4.90. The summed E-state index contributed by atoms with van der Waals surface area (Å²) < 4.78 is 0. The molecule has 3 fully saturated rings. The molecule has 1 aliphatic carbocycles. The summed E-state index contributed by atoms with van der Waals surface area (Å²) in [7, 11) is 0. The molecule has 3 aliphatic rings. The van der Waals surface area contributed by atoms with E-state index in [4.69, 9.17) is 0 Å². The zero-order valence-electron chi connectivity index (χ0n) is 11.0. The van der Waals surface area contributed by atoms with E-state index >= 15 is 0 Å². The predicted octanol–water partition coefficient (Wildman–Crippen LogP) is 0.950. The molecule has 2 heterocycles. The Balaban J connectivity index is 1.78. The SMILES string of the molecule is N#CC1(C(=O)N2CC[C@@H]3NC(=O)CC[C@@H]32)CCCC1. The first-order chi connectivity index (χ1) is 9.16. The number of hydrogen-bond acceptors (Lipinski definition) is 3. The van der Waals surface area contributed by atoms with Gasteiger partial charge >= 0.3 is 0 Å². The van der Waals surface area contributed by atoms with E-state index < -0.39 is 5.41 Å². The first-order valence-electron chi connectivity index (χ1n) is 7.18. The van der Waals surface area contributed by atoms with Crippen molar-refractivity contribution in [1.82, 2.24) is 10.2 Å². The molecule has 102 valence electrons. The number of likely N-dealkylation sites (tertiary alicyclic amines) is 1. The molecule has 0 radical (unpaired) electrons. The summed E-state index contributed by atoms with van der Waals surface area (Å²) in [4.78, 5) is 26.0. The van der Waals surface area contributed by atoms with Crippen LogP contribution in [0.5, 0.6) is 0 Å². The van der Waals surface area contributed by atoms with Gasteiger partial charge in [0.2, 0.25) is 11.8 Å². The minimum Gasteiger partial charge on any atom is -0.351 e. The monoisotopic (exact) mass is 261 g/mol. The zero-order valence-corrected chi connectivity index (χ0v) is 11.0. The second-order valence-electron chi connectivity index (χ2n) is 5.97. The molecule has 1 saturated carbocycles. The van der Waals surface area contributed by atoms with Gasteiger partial charge in [0.1, 0.15) is 5.41 Å². The van der Waals surface area contributed by atoms with Crippen molar-refractivity contribution in [3.63, 3.8) is 0 Å². The van der Waals surface area contributed by atoms with Crippen LogP contribution in [-0.2, 0) is 9.59 Å². The maximum atomic E-state index is 12.7. The quantitative estimate of drug-likeness (QED) is 0.763. The zero-order chi connectivity index (χ0) is 13.5. The number of carbonyl (C=O) groups is 2. The van der Waals surface area contributed by atoms with Gasteiger partial charge in [-0.05, 0) is 25.7 Å². The molecule has 3 rings (SSSR count). The van der Waals surface area contributed by atoms with Gasteiger partial charge in [-0.15, -0.1) is 0 Å².